The maximum atomic E-state index is 5.86. The smallest absolute Gasteiger partial charge is 0.118 e. The molecule has 0 atom stereocenters. The van der Waals surface area contributed by atoms with Crippen LogP contribution < -0.4 is 10.5 Å². The molecule has 0 aliphatic rings. The van der Waals surface area contributed by atoms with Crippen molar-refractivity contribution in [3.05, 3.63) is 53.9 Å². The number of pyridine rings is 1. The van der Waals surface area contributed by atoms with Gasteiger partial charge in [-0.25, -0.2) is 0 Å². The van der Waals surface area contributed by atoms with Crippen LogP contribution in [0, 0.1) is 0 Å². The SMILES string of the molecule is COc1ccc(Cc2cnccc2N)cc1. The molecule has 82 valence electrons. The van der Waals surface area contributed by atoms with Crippen LogP contribution in [0.25, 0.3) is 0 Å². The second-order valence-corrected chi connectivity index (χ2v) is 3.60. The largest absolute Gasteiger partial charge is 0.497 e. The zero-order valence-electron chi connectivity index (χ0n) is 9.18. The number of hydrogen-bond acceptors (Lipinski definition) is 3. The average Bonchev–Trinajstić information content (AvgIpc) is 2.33. The van der Waals surface area contributed by atoms with Gasteiger partial charge in [0.05, 0.1) is 7.11 Å². The number of nitrogens with two attached hydrogens (primary N) is 1. The van der Waals surface area contributed by atoms with Gasteiger partial charge in [0.15, 0.2) is 0 Å². The predicted molar refractivity (Wildman–Crippen MR) is 64.4 cm³/mol. The van der Waals surface area contributed by atoms with Crippen molar-refractivity contribution in [2.45, 2.75) is 6.42 Å². The Morgan fingerprint density at radius 1 is 1.19 bits per heavy atom. The molecule has 2 rings (SSSR count). The summed E-state index contributed by atoms with van der Waals surface area (Å²) in [6.07, 6.45) is 4.30. The molecule has 0 spiro atoms. The van der Waals surface area contributed by atoms with E-state index in [1.54, 1.807) is 19.5 Å². The lowest BCUT2D eigenvalue weighted by atomic mass is 10.1. The van der Waals surface area contributed by atoms with Crippen LogP contribution in [0.4, 0.5) is 5.69 Å². The van der Waals surface area contributed by atoms with Gasteiger partial charge >= 0.3 is 0 Å². The molecular weight excluding hydrogens is 200 g/mol. The molecule has 0 bridgehead atoms. The molecule has 0 aliphatic heterocycles. The summed E-state index contributed by atoms with van der Waals surface area (Å²) in [5.41, 5.74) is 8.89. The molecule has 0 amide bonds. The first-order valence-corrected chi connectivity index (χ1v) is 5.11. The normalized spacial score (nSPS) is 10.1. The van der Waals surface area contributed by atoms with Crippen LogP contribution in [0.2, 0.25) is 0 Å². The lowest BCUT2D eigenvalue weighted by Gasteiger charge is -2.05. The van der Waals surface area contributed by atoms with Gasteiger partial charge in [-0.1, -0.05) is 12.1 Å². The summed E-state index contributed by atoms with van der Waals surface area (Å²) in [6, 6.07) is 9.78. The zero-order chi connectivity index (χ0) is 11.4. The monoisotopic (exact) mass is 214 g/mol. The first kappa shape index (κ1) is 10.5. The summed E-state index contributed by atoms with van der Waals surface area (Å²) in [7, 11) is 1.66. The quantitative estimate of drug-likeness (QED) is 0.852. The fourth-order valence-corrected chi connectivity index (χ4v) is 1.55. The minimum absolute atomic E-state index is 0.783. The summed E-state index contributed by atoms with van der Waals surface area (Å²) in [6.45, 7) is 0. The maximum Gasteiger partial charge on any atom is 0.118 e. The van der Waals surface area contributed by atoms with Gasteiger partial charge < -0.3 is 10.5 Å². The minimum atomic E-state index is 0.783. The lowest BCUT2D eigenvalue weighted by molar-refractivity contribution is 0.414. The third kappa shape index (κ3) is 2.31. The van der Waals surface area contributed by atoms with Gasteiger partial charge in [-0.05, 0) is 29.3 Å². The molecule has 0 fully saturated rings. The van der Waals surface area contributed by atoms with E-state index in [1.165, 1.54) is 5.56 Å². The molecule has 0 radical (unpaired) electrons. The van der Waals surface area contributed by atoms with E-state index in [4.69, 9.17) is 10.5 Å². The molecule has 2 aromatic rings. The number of nitrogen functional groups attached to an aromatic ring is 1. The van der Waals surface area contributed by atoms with E-state index >= 15 is 0 Å². The Kier molecular flexibility index (Phi) is 3.05. The van der Waals surface area contributed by atoms with E-state index in [0.717, 1.165) is 23.4 Å². The molecule has 3 nitrogen and oxygen atoms in total. The van der Waals surface area contributed by atoms with Gasteiger partial charge in [-0.3, -0.25) is 4.98 Å². The topological polar surface area (TPSA) is 48.1 Å². The number of hydrogen-bond donors (Lipinski definition) is 1. The zero-order valence-corrected chi connectivity index (χ0v) is 9.18. The molecule has 2 N–H and O–H groups in total. The molecule has 1 heterocycles. The first-order valence-electron chi connectivity index (χ1n) is 5.11. The van der Waals surface area contributed by atoms with Crippen molar-refractivity contribution in [3.63, 3.8) is 0 Å². The highest BCUT2D eigenvalue weighted by Crippen LogP contribution is 2.17. The Hall–Kier alpha value is -2.03. The number of rotatable bonds is 3. The summed E-state index contributed by atoms with van der Waals surface area (Å²) in [5, 5.41) is 0. The summed E-state index contributed by atoms with van der Waals surface area (Å²) in [4.78, 5) is 4.07. The van der Waals surface area contributed by atoms with Crippen molar-refractivity contribution in [2.24, 2.45) is 0 Å². The van der Waals surface area contributed by atoms with Gasteiger partial charge in [-0.2, -0.15) is 0 Å². The van der Waals surface area contributed by atoms with Crippen molar-refractivity contribution in [1.29, 1.82) is 0 Å². The fraction of sp³-hybridized carbons (Fsp3) is 0.154. The number of anilines is 1. The van der Waals surface area contributed by atoms with Gasteiger partial charge in [0.2, 0.25) is 0 Å². The van der Waals surface area contributed by atoms with E-state index in [2.05, 4.69) is 4.98 Å². The first-order chi connectivity index (χ1) is 7.79. The molecule has 0 saturated heterocycles. The highest BCUT2D eigenvalue weighted by Gasteiger charge is 2.00. The van der Waals surface area contributed by atoms with Crippen molar-refractivity contribution in [3.8, 4) is 5.75 Å². The van der Waals surface area contributed by atoms with Crippen LogP contribution >= 0.6 is 0 Å². The molecule has 0 aliphatic carbocycles. The van der Waals surface area contributed by atoms with Crippen LogP contribution in [-0.4, -0.2) is 12.1 Å². The van der Waals surface area contributed by atoms with Crippen LogP contribution in [0.1, 0.15) is 11.1 Å². The standard InChI is InChI=1S/C13H14N2O/c1-16-12-4-2-10(3-5-12)8-11-9-15-7-6-13(11)14/h2-7,9H,8H2,1H3,(H2,14,15). The fourth-order valence-electron chi connectivity index (χ4n) is 1.55. The van der Waals surface area contributed by atoms with Gasteiger partial charge in [0.1, 0.15) is 5.75 Å². The molecule has 0 saturated carbocycles. The molecule has 0 unspecified atom stereocenters. The summed E-state index contributed by atoms with van der Waals surface area (Å²) >= 11 is 0. The number of ether oxygens (including phenoxy) is 1. The number of nitrogens with zero attached hydrogens (tertiary/aromatic N) is 1. The molecular formula is C13H14N2O. The predicted octanol–water partition coefficient (Wildman–Crippen LogP) is 2.26. The second kappa shape index (κ2) is 4.66. The van der Waals surface area contributed by atoms with Crippen LogP contribution in [0.5, 0.6) is 5.75 Å². The van der Waals surface area contributed by atoms with Crippen LogP contribution in [-0.2, 0) is 6.42 Å². The average molecular weight is 214 g/mol. The van der Waals surface area contributed by atoms with E-state index in [1.807, 2.05) is 30.3 Å². The molecule has 3 heteroatoms. The Morgan fingerprint density at radius 2 is 1.94 bits per heavy atom. The Bertz CT molecular complexity index is 466. The van der Waals surface area contributed by atoms with Crippen molar-refractivity contribution in [2.75, 3.05) is 12.8 Å². The van der Waals surface area contributed by atoms with Crippen molar-refractivity contribution >= 4 is 5.69 Å². The maximum absolute atomic E-state index is 5.86. The Labute approximate surface area is 94.9 Å². The number of aromatic nitrogens is 1. The van der Waals surface area contributed by atoms with Crippen LogP contribution in [0.15, 0.2) is 42.7 Å². The highest BCUT2D eigenvalue weighted by atomic mass is 16.5. The van der Waals surface area contributed by atoms with Crippen molar-refractivity contribution < 1.29 is 4.74 Å². The third-order valence-electron chi connectivity index (χ3n) is 2.49. The molecule has 16 heavy (non-hydrogen) atoms. The molecule has 1 aromatic heterocycles. The van der Waals surface area contributed by atoms with E-state index in [-0.39, 0.29) is 0 Å². The second-order valence-electron chi connectivity index (χ2n) is 3.60. The van der Waals surface area contributed by atoms with E-state index in [0.29, 0.717) is 0 Å². The third-order valence-corrected chi connectivity index (χ3v) is 2.49. The van der Waals surface area contributed by atoms with E-state index < -0.39 is 0 Å². The van der Waals surface area contributed by atoms with Gasteiger partial charge in [0.25, 0.3) is 0 Å². The highest BCUT2D eigenvalue weighted by molar-refractivity contribution is 5.46. The number of methoxy groups -OCH3 is 1. The summed E-state index contributed by atoms with van der Waals surface area (Å²) in [5.74, 6) is 0.864. The Morgan fingerprint density at radius 3 is 2.56 bits per heavy atom. The lowest BCUT2D eigenvalue weighted by Crippen LogP contribution is -1.96. The van der Waals surface area contributed by atoms with Gasteiger partial charge in [0, 0.05) is 24.5 Å². The van der Waals surface area contributed by atoms with Gasteiger partial charge in [-0.15, -0.1) is 0 Å². The summed E-state index contributed by atoms with van der Waals surface area (Å²) < 4.78 is 5.11. The number of benzene rings is 1. The van der Waals surface area contributed by atoms with E-state index in [9.17, 15) is 0 Å². The van der Waals surface area contributed by atoms with Crippen molar-refractivity contribution in [1.82, 2.24) is 4.98 Å². The van der Waals surface area contributed by atoms with Crippen LogP contribution in [0.3, 0.4) is 0 Å². The molecule has 1 aromatic carbocycles. The Balaban J connectivity index is 2.18. The minimum Gasteiger partial charge on any atom is -0.497 e.